The number of nitrogens with one attached hydrogen (secondary N) is 3. The van der Waals surface area contributed by atoms with Crippen molar-refractivity contribution in [3.05, 3.63) is 22.1 Å². The fourth-order valence-corrected chi connectivity index (χ4v) is 2.11. The van der Waals surface area contributed by atoms with E-state index in [-0.39, 0.29) is 5.56 Å². The summed E-state index contributed by atoms with van der Waals surface area (Å²) in [4.78, 5) is 18.4. The molecule has 1 aliphatic rings. The third-order valence-corrected chi connectivity index (χ3v) is 3.11. The van der Waals surface area contributed by atoms with E-state index in [1.807, 2.05) is 6.92 Å². The van der Waals surface area contributed by atoms with E-state index in [4.69, 9.17) is 0 Å². The summed E-state index contributed by atoms with van der Waals surface area (Å²) >= 11 is 0. The van der Waals surface area contributed by atoms with Crippen molar-refractivity contribution in [2.45, 2.75) is 26.2 Å². The van der Waals surface area contributed by atoms with E-state index in [0.29, 0.717) is 11.9 Å². The zero-order valence-corrected chi connectivity index (χ0v) is 10.3. The van der Waals surface area contributed by atoms with E-state index in [9.17, 15) is 4.79 Å². The normalized spacial score (nSPS) is 20.2. The number of rotatable bonds is 4. The molecule has 17 heavy (non-hydrogen) atoms. The smallest absolute Gasteiger partial charge is 0.252 e. The number of nitrogens with zero attached hydrogens (tertiary/aromatic N) is 1. The van der Waals surface area contributed by atoms with Crippen LogP contribution >= 0.6 is 0 Å². The molecule has 0 radical (unpaired) electrons. The summed E-state index contributed by atoms with van der Waals surface area (Å²) in [7, 11) is 0. The van der Waals surface area contributed by atoms with Crippen LogP contribution < -0.4 is 16.2 Å². The second-order valence-corrected chi connectivity index (χ2v) is 4.53. The van der Waals surface area contributed by atoms with Crippen molar-refractivity contribution in [1.82, 2.24) is 15.3 Å². The molecule has 1 aromatic rings. The highest BCUT2D eigenvalue weighted by Gasteiger charge is 2.12. The number of anilines is 1. The monoisotopic (exact) mass is 236 g/mol. The maximum absolute atomic E-state index is 11.4. The van der Waals surface area contributed by atoms with E-state index in [2.05, 4.69) is 20.6 Å². The minimum Gasteiger partial charge on any atom is -0.355 e. The summed E-state index contributed by atoms with van der Waals surface area (Å²) in [6.45, 7) is 5.03. The first-order valence-corrected chi connectivity index (χ1v) is 6.32. The van der Waals surface area contributed by atoms with Gasteiger partial charge in [0.05, 0.1) is 0 Å². The van der Waals surface area contributed by atoms with Crippen LogP contribution in [0.2, 0.25) is 0 Å². The van der Waals surface area contributed by atoms with Gasteiger partial charge in [0, 0.05) is 18.3 Å². The second-order valence-electron chi connectivity index (χ2n) is 4.53. The number of aromatic nitrogens is 2. The van der Waals surface area contributed by atoms with Crippen molar-refractivity contribution in [1.29, 1.82) is 0 Å². The van der Waals surface area contributed by atoms with Crippen LogP contribution in [0.25, 0.3) is 0 Å². The average Bonchev–Trinajstić information content (AvgIpc) is 2.37. The largest absolute Gasteiger partial charge is 0.355 e. The molecule has 0 amide bonds. The number of aromatic amines is 1. The summed E-state index contributed by atoms with van der Waals surface area (Å²) in [6, 6.07) is 1.55. The number of hydrogen-bond donors (Lipinski definition) is 3. The van der Waals surface area contributed by atoms with Crippen LogP contribution in [-0.4, -0.2) is 29.6 Å². The molecule has 0 saturated carbocycles. The zero-order valence-electron chi connectivity index (χ0n) is 10.3. The minimum atomic E-state index is -0.0823. The van der Waals surface area contributed by atoms with Crippen molar-refractivity contribution < 1.29 is 0 Å². The van der Waals surface area contributed by atoms with Gasteiger partial charge in [-0.25, -0.2) is 4.98 Å². The molecule has 1 saturated heterocycles. The Morgan fingerprint density at radius 3 is 3.18 bits per heavy atom. The van der Waals surface area contributed by atoms with E-state index >= 15 is 0 Å². The maximum atomic E-state index is 11.4. The Balaban J connectivity index is 1.93. The van der Waals surface area contributed by atoms with Gasteiger partial charge in [0.2, 0.25) is 5.95 Å². The van der Waals surface area contributed by atoms with Crippen LogP contribution in [0, 0.1) is 5.92 Å². The van der Waals surface area contributed by atoms with Gasteiger partial charge in [0.25, 0.3) is 5.56 Å². The van der Waals surface area contributed by atoms with Gasteiger partial charge in [-0.05, 0) is 38.3 Å². The Kier molecular flexibility index (Phi) is 4.14. The van der Waals surface area contributed by atoms with Gasteiger partial charge in [-0.3, -0.25) is 9.78 Å². The first-order valence-electron chi connectivity index (χ1n) is 6.32. The SMILES string of the molecule is CCc1cc(=O)[nH]c(NCC2CCCNC2)n1. The van der Waals surface area contributed by atoms with E-state index in [1.54, 1.807) is 6.07 Å². The molecule has 3 N–H and O–H groups in total. The molecule has 0 aromatic carbocycles. The van der Waals surface area contributed by atoms with Gasteiger partial charge < -0.3 is 10.6 Å². The maximum Gasteiger partial charge on any atom is 0.252 e. The Bertz CT molecular complexity index is 409. The molecule has 94 valence electrons. The summed E-state index contributed by atoms with van der Waals surface area (Å²) in [6.07, 6.45) is 3.24. The first-order chi connectivity index (χ1) is 8.28. The predicted octanol–water partition coefficient (Wildman–Crippen LogP) is 0.744. The fraction of sp³-hybridized carbons (Fsp3) is 0.667. The molecule has 2 heterocycles. The van der Waals surface area contributed by atoms with E-state index in [1.165, 1.54) is 12.8 Å². The Morgan fingerprint density at radius 1 is 1.59 bits per heavy atom. The third-order valence-electron chi connectivity index (χ3n) is 3.11. The average molecular weight is 236 g/mol. The molecule has 1 fully saturated rings. The second kappa shape index (κ2) is 5.82. The highest BCUT2D eigenvalue weighted by molar-refractivity contribution is 5.25. The number of aryl methyl sites for hydroxylation is 1. The van der Waals surface area contributed by atoms with Crippen molar-refractivity contribution in [3.63, 3.8) is 0 Å². The van der Waals surface area contributed by atoms with Crippen molar-refractivity contribution in [2.75, 3.05) is 25.0 Å². The van der Waals surface area contributed by atoms with Crippen molar-refractivity contribution in [2.24, 2.45) is 5.92 Å². The molecular formula is C12H20N4O. The standard InChI is InChI=1S/C12H20N4O/c1-2-10-6-11(17)16-12(15-10)14-8-9-4-3-5-13-7-9/h6,9,13H,2-5,7-8H2,1H3,(H2,14,15,16,17). The summed E-state index contributed by atoms with van der Waals surface area (Å²) in [5, 5.41) is 6.60. The molecule has 0 spiro atoms. The molecule has 1 unspecified atom stereocenters. The van der Waals surface area contributed by atoms with Crippen molar-refractivity contribution >= 4 is 5.95 Å². The molecule has 1 aromatic heterocycles. The van der Waals surface area contributed by atoms with Crippen LogP contribution in [0.3, 0.4) is 0 Å². The molecule has 1 atom stereocenters. The third kappa shape index (κ3) is 3.56. The number of hydrogen-bond acceptors (Lipinski definition) is 4. The molecule has 5 nitrogen and oxygen atoms in total. The lowest BCUT2D eigenvalue weighted by molar-refractivity contribution is 0.392. The lowest BCUT2D eigenvalue weighted by atomic mass is 10.00. The summed E-state index contributed by atoms with van der Waals surface area (Å²) in [5.41, 5.74) is 0.749. The van der Waals surface area contributed by atoms with E-state index in [0.717, 1.165) is 31.7 Å². The Hall–Kier alpha value is -1.36. The number of piperidine rings is 1. The van der Waals surface area contributed by atoms with Gasteiger partial charge in [0.1, 0.15) is 0 Å². The van der Waals surface area contributed by atoms with Crippen LogP contribution in [0.4, 0.5) is 5.95 Å². The van der Waals surface area contributed by atoms with Crippen LogP contribution in [0.1, 0.15) is 25.5 Å². The highest BCUT2D eigenvalue weighted by atomic mass is 16.1. The van der Waals surface area contributed by atoms with Gasteiger partial charge in [-0.2, -0.15) is 0 Å². The van der Waals surface area contributed by atoms with Gasteiger partial charge in [-0.1, -0.05) is 6.92 Å². The van der Waals surface area contributed by atoms with Gasteiger partial charge in [0.15, 0.2) is 0 Å². The van der Waals surface area contributed by atoms with Gasteiger partial charge in [-0.15, -0.1) is 0 Å². The fourth-order valence-electron chi connectivity index (χ4n) is 2.11. The zero-order chi connectivity index (χ0) is 12.1. The van der Waals surface area contributed by atoms with Crippen LogP contribution in [-0.2, 0) is 6.42 Å². The Morgan fingerprint density at radius 2 is 2.47 bits per heavy atom. The molecule has 5 heteroatoms. The highest BCUT2D eigenvalue weighted by Crippen LogP contribution is 2.10. The topological polar surface area (TPSA) is 69.8 Å². The lowest BCUT2D eigenvalue weighted by Crippen LogP contribution is -2.34. The molecule has 2 rings (SSSR count). The molecule has 0 aliphatic carbocycles. The Labute approximate surface area is 101 Å². The first kappa shape index (κ1) is 12.1. The van der Waals surface area contributed by atoms with Crippen LogP contribution in [0.5, 0.6) is 0 Å². The number of H-pyrrole nitrogens is 1. The molecule has 1 aliphatic heterocycles. The minimum absolute atomic E-state index is 0.0823. The predicted molar refractivity (Wildman–Crippen MR) is 68.3 cm³/mol. The quantitative estimate of drug-likeness (QED) is 0.721. The van der Waals surface area contributed by atoms with Gasteiger partial charge >= 0.3 is 0 Å². The lowest BCUT2D eigenvalue weighted by Gasteiger charge is -2.22. The summed E-state index contributed by atoms with van der Waals surface area (Å²) in [5.74, 6) is 1.22. The summed E-state index contributed by atoms with van der Waals surface area (Å²) < 4.78 is 0. The molecular weight excluding hydrogens is 216 g/mol. The molecule has 0 bridgehead atoms. The van der Waals surface area contributed by atoms with E-state index < -0.39 is 0 Å². The van der Waals surface area contributed by atoms with Crippen LogP contribution in [0.15, 0.2) is 10.9 Å². The van der Waals surface area contributed by atoms with Crippen molar-refractivity contribution in [3.8, 4) is 0 Å².